The van der Waals surface area contributed by atoms with Crippen molar-refractivity contribution in [2.24, 2.45) is 4.99 Å². The quantitative estimate of drug-likeness (QED) is 0.550. The first-order chi connectivity index (χ1) is 15.6. The summed E-state index contributed by atoms with van der Waals surface area (Å²) < 4.78 is 11.9. The van der Waals surface area contributed by atoms with E-state index in [1.54, 1.807) is 12.5 Å². The van der Waals surface area contributed by atoms with Crippen molar-refractivity contribution in [3.05, 3.63) is 77.6 Å². The lowest BCUT2D eigenvalue weighted by atomic mass is 9.81. The van der Waals surface area contributed by atoms with E-state index in [9.17, 15) is 0 Å². The molecule has 32 heavy (non-hydrogen) atoms. The normalized spacial score (nSPS) is 22.4. The van der Waals surface area contributed by atoms with Crippen LogP contribution in [0, 0.1) is 0 Å². The van der Waals surface area contributed by atoms with Crippen LogP contribution >= 0.6 is 0 Å². The topological polar surface area (TPSA) is 76.6 Å². The molecule has 1 saturated heterocycles. The van der Waals surface area contributed by atoms with Gasteiger partial charge < -0.3 is 14.2 Å². The van der Waals surface area contributed by atoms with Gasteiger partial charge in [0.15, 0.2) is 11.6 Å². The number of aryl methyl sites for hydroxylation is 1. The summed E-state index contributed by atoms with van der Waals surface area (Å²) in [6.07, 6.45) is 6.24. The maximum atomic E-state index is 6.21. The van der Waals surface area contributed by atoms with Crippen molar-refractivity contribution in [2.45, 2.75) is 51.2 Å². The molecule has 0 radical (unpaired) electrons. The summed E-state index contributed by atoms with van der Waals surface area (Å²) >= 11 is 0. The van der Waals surface area contributed by atoms with Gasteiger partial charge in [-0.25, -0.2) is 9.98 Å². The van der Waals surface area contributed by atoms with Gasteiger partial charge in [0.1, 0.15) is 6.54 Å². The van der Waals surface area contributed by atoms with E-state index in [4.69, 9.17) is 14.2 Å². The van der Waals surface area contributed by atoms with E-state index in [0.29, 0.717) is 30.7 Å². The Hall–Kier alpha value is -3.32. The molecule has 3 aromatic rings. The van der Waals surface area contributed by atoms with Crippen LogP contribution < -0.4 is 0 Å². The summed E-state index contributed by atoms with van der Waals surface area (Å²) in [5, 5.41) is 4.35. The molecule has 2 atom stereocenters. The van der Waals surface area contributed by atoms with E-state index >= 15 is 0 Å². The van der Waals surface area contributed by atoms with E-state index in [0.717, 1.165) is 30.5 Å². The van der Waals surface area contributed by atoms with Crippen LogP contribution in [0.3, 0.4) is 0 Å². The molecule has 7 heteroatoms. The zero-order valence-electron chi connectivity index (χ0n) is 18.5. The van der Waals surface area contributed by atoms with Crippen LogP contribution in [-0.4, -0.2) is 33.0 Å². The number of pyridine rings is 1. The molecule has 0 aliphatic carbocycles. The summed E-state index contributed by atoms with van der Waals surface area (Å²) in [6.45, 7) is 9.50. The number of nitrogens with zero attached hydrogens (tertiary/aromatic N) is 5. The van der Waals surface area contributed by atoms with Crippen molar-refractivity contribution < 1.29 is 9.26 Å². The van der Waals surface area contributed by atoms with Gasteiger partial charge >= 0.3 is 0 Å². The van der Waals surface area contributed by atoms with Gasteiger partial charge in [-0.3, -0.25) is 0 Å². The molecule has 0 amide bonds. The maximum Gasteiger partial charge on any atom is 0.246 e. The Morgan fingerprint density at radius 3 is 2.81 bits per heavy atom. The monoisotopic (exact) mass is 429 g/mol. The van der Waals surface area contributed by atoms with Crippen LogP contribution in [0.25, 0.3) is 5.70 Å². The SMILES string of the molecule is C=C1c2cccnc2N=CN1Cc1nc([C@]2(CC)CO[C@@H](c3ccc(CC)cc3)C2)no1. The highest BCUT2D eigenvalue weighted by Crippen LogP contribution is 2.44. The molecule has 164 valence electrons. The van der Waals surface area contributed by atoms with E-state index in [-0.39, 0.29) is 11.5 Å². The van der Waals surface area contributed by atoms with Gasteiger partial charge in [-0.05, 0) is 42.5 Å². The zero-order valence-corrected chi connectivity index (χ0v) is 18.5. The molecule has 0 spiro atoms. The third-order valence-electron chi connectivity index (χ3n) is 6.59. The largest absolute Gasteiger partial charge is 0.372 e. The van der Waals surface area contributed by atoms with Crippen LogP contribution in [0.2, 0.25) is 0 Å². The third kappa shape index (κ3) is 3.62. The molecule has 0 bridgehead atoms. The van der Waals surface area contributed by atoms with Gasteiger partial charge in [0.05, 0.1) is 24.5 Å². The van der Waals surface area contributed by atoms with Gasteiger partial charge in [0, 0.05) is 17.5 Å². The molecule has 7 nitrogen and oxygen atoms in total. The molecular formula is C25H27N5O2. The van der Waals surface area contributed by atoms with Crippen LogP contribution in [-0.2, 0) is 23.1 Å². The average molecular weight is 430 g/mol. The summed E-state index contributed by atoms with van der Waals surface area (Å²) in [6, 6.07) is 12.5. The Kier molecular flexibility index (Phi) is 5.35. The molecule has 2 aromatic heterocycles. The third-order valence-corrected chi connectivity index (χ3v) is 6.59. The fraction of sp³-hybridized carbons (Fsp3) is 0.360. The number of aliphatic imine (C=N–C) groups is 1. The van der Waals surface area contributed by atoms with Gasteiger partial charge in [0.25, 0.3) is 0 Å². The first-order valence-corrected chi connectivity index (χ1v) is 11.1. The molecule has 0 N–H and O–H groups in total. The number of aromatic nitrogens is 3. The lowest BCUT2D eigenvalue weighted by Gasteiger charge is -2.24. The number of rotatable bonds is 6. The first-order valence-electron chi connectivity index (χ1n) is 11.1. The maximum absolute atomic E-state index is 6.21. The van der Waals surface area contributed by atoms with Crippen LogP contribution in [0.4, 0.5) is 5.82 Å². The second-order valence-corrected chi connectivity index (χ2v) is 8.44. The Bertz CT molecular complexity index is 1150. The number of hydrogen-bond acceptors (Lipinski definition) is 7. The minimum absolute atomic E-state index is 0.0424. The predicted molar refractivity (Wildman–Crippen MR) is 122 cm³/mol. The molecule has 2 aliphatic heterocycles. The fourth-order valence-corrected chi connectivity index (χ4v) is 4.37. The van der Waals surface area contributed by atoms with Crippen LogP contribution in [0.15, 0.2) is 58.7 Å². The number of benzene rings is 1. The molecule has 1 aromatic carbocycles. The first kappa shape index (κ1) is 20.6. The number of hydrogen-bond donors (Lipinski definition) is 0. The lowest BCUT2D eigenvalue weighted by Crippen LogP contribution is -2.27. The Morgan fingerprint density at radius 1 is 1.19 bits per heavy atom. The summed E-state index contributed by atoms with van der Waals surface area (Å²) in [7, 11) is 0. The molecule has 2 aliphatic rings. The van der Waals surface area contributed by atoms with Crippen molar-refractivity contribution in [1.82, 2.24) is 20.0 Å². The predicted octanol–water partition coefficient (Wildman–Crippen LogP) is 4.98. The van der Waals surface area contributed by atoms with Crippen molar-refractivity contribution in [2.75, 3.05) is 6.61 Å². The molecule has 5 rings (SSSR count). The molecule has 0 saturated carbocycles. The molecule has 1 fully saturated rings. The van der Waals surface area contributed by atoms with E-state index in [1.807, 2.05) is 17.0 Å². The van der Waals surface area contributed by atoms with Crippen LogP contribution in [0.5, 0.6) is 0 Å². The highest BCUT2D eigenvalue weighted by Gasteiger charge is 2.44. The Labute approximate surface area is 187 Å². The van der Waals surface area contributed by atoms with E-state index in [1.165, 1.54) is 11.1 Å². The second kappa shape index (κ2) is 8.31. The molecular weight excluding hydrogens is 402 g/mol. The summed E-state index contributed by atoms with van der Waals surface area (Å²) in [5.74, 6) is 1.92. The van der Waals surface area contributed by atoms with E-state index < -0.39 is 0 Å². The molecule has 4 heterocycles. The lowest BCUT2D eigenvalue weighted by molar-refractivity contribution is 0.103. The minimum atomic E-state index is -0.251. The van der Waals surface area contributed by atoms with Crippen molar-refractivity contribution in [3.63, 3.8) is 0 Å². The fourth-order valence-electron chi connectivity index (χ4n) is 4.37. The number of fused-ring (bicyclic) bond motifs is 1. The second-order valence-electron chi connectivity index (χ2n) is 8.44. The highest BCUT2D eigenvalue weighted by molar-refractivity contribution is 5.84. The van der Waals surface area contributed by atoms with E-state index in [2.05, 4.69) is 59.8 Å². The summed E-state index contributed by atoms with van der Waals surface area (Å²) in [5.41, 5.74) is 4.00. The van der Waals surface area contributed by atoms with Gasteiger partial charge in [-0.1, -0.05) is 49.8 Å². The Morgan fingerprint density at radius 2 is 2.03 bits per heavy atom. The van der Waals surface area contributed by atoms with Crippen molar-refractivity contribution in [3.8, 4) is 0 Å². The summed E-state index contributed by atoms with van der Waals surface area (Å²) in [4.78, 5) is 15.4. The standard InChI is InChI=1S/C25H27N5O2/c1-4-18-8-10-19(11-9-18)21-13-25(5-2,15-31-21)24-28-22(32-29-24)14-30-16-27-23-20(17(30)3)7-6-12-26-23/h6-12,16,21H,3-5,13-15H2,1-2H3/t21-,25+/m1/s1. The van der Waals surface area contributed by atoms with Gasteiger partial charge in [0.2, 0.25) is 5.89 Å². The van der Waals surface area contributed by atoms with Crippen LogP contribution in [0.1, 0.15) is 61.2 Å². The van der Waals surface area contributed by atoms with Gasteiger partial charge in [-0.15, -0.1) is 0 Å². The minimum Gasteiger partial charge on any atom is -0.372 e. The average Bonchev–Trinajstić information content (AvgIpc) is 3.49. The van der Waals surface area contributed by atoms with Crippen molar-refractivity contribution in [1.29, 1.82) is 0 Å². The van der Waals surface area contributed by atoms with Crippen molar-refractivity contribution >= 4 is 17.9 Å². The van der Waals surface area contributed by atoms with Gasteiger partial charge in [-0.2, -0.15) is 4.98 Å². The Balaban J connectivity index is 1.32. The highest BCUT2D eigenvalue weighted by atomic mass is 16.5. The number of ether oxygens (including phenoxy) is 1. The zero-order chi connectivity index (χ0) is 22.1. The molecule has 0 unspecified atom stereocenters. The smallest absolute Gasteiger partial charge is 0.246 e.